The van der Waals surface area contributed by atoms with Crippen LogP contribution in [-0.2, 0) is 27.3 Å². The third kappa shape index (κ3) is 5.78. The Hall–Kier alpha value is -4.25. The highest BCUT2D eigenvalue weighted by Gasteiger charge is 2.23. The SMILES string of the molecule is CCc1cc(Cc2ccc(OC)cc2OC)c(OC)c(NS(=O)(=O)OC(=O)c2ccc3oncc3c2)c1. The van der Waals surface area contributed by atoms with Crippen molar-refractivity contribution in [2.45, 2.75) is 19.8 Å². The fourth-order valence-corrected chi connectivity index (χ4v) is 4.67. The number of benzene rings is 3. The topological polar surface area (TPSA) is 126 Å². The number of hydrogen-bond donors (Lipinski definition) is 1. The Labute approximate surface area is 214 Å². The van der Waals surface area contributed by atoms with Crippen molar-refractivity contribution in [2.24, 2.45) is 0 Å². The van der Waals surface area contributed by atoms with Gasteiger partial charge in [0.05, 0.1) is 38.8 Å². The summed E-state index contributed by atoms with van der Waals surface area (Å²) >= 11 is 0. The average molecular weight is 527 g/mol. The highest BCUT2D eigenvalue weighted by Crippen LogP contribution is 2.36. The average Bonchev–Trinajstić information content (AvgIpc) is 3.36. The molecule has 0 saturated heterocycles. The Balaban J connectivity index is 1.63. The van der Waals surface area contributed by atoms with E-state index in [1.165, 1.54) is 31.5 Å². The van der Waals surface area contributed by atoms with Crippen molar-refractivity contribution in [3.8, 4) is 17.2 Å². The molecule has 0 saturated carbocycles. The Kier molecular flexibility index (Phi) is 7.53. The zero-order valence-corrected chi connectivity index (χ0v) is 21.5. The van der Waals surface area contributed by atoms with Crippen molar-refractivity contribution in [3.63, 3.8) is 0 Å². The lowest BCUT2D eigenvalue weighted by Crippen LogP contribution is -2.21. The number of aryl methyl sites for hydroxylation is 1. The molecule has 1 aromatic heterocycles. The second kappa shape index (κ2) is 10.8. The summed E-state index contributed by atoms with van der Waals surface area (Å²) < 4.78 is 54.2. The van der Waals surface area contributed by atoms with Gasteiger partial charge in [-0.3, -0.25) is 0 Å². The number of fused-ring (bicyclic) bond motifs is 1. The van der Waals surface area contributed by atoms with Crippen LogP contribution in [0.15, 0.2) is 59.3 Å². The molecule has 0 amide bonds. The fourth-order valence-electron chi connectivity index (χ4n) is 3.91. The van der Waals surface area contributed by atoms with E-state index >= 15 is 0 Å². The van der Waals surface area contributed by atoms with Gasteiger partial charge in [0.1, 0.15) is 17.2 Å². The van der Waals surface area contributed by atoms with Crippen molar-refractivity contribution in [2.75, 3.05) is 26.1 Å². The number of aromatic nitrogens is 1. The second-order valence-electron chi connectivity index (χ2n) is 8.05. The van der Waals surface area contributed by atoms with Crippen LogP contribution in [0.1, 0.15) is 34.0 Å². The van der Waals surface area contributed by atoms with E-state index in [1.807, 2.05) is 25.1 Å². The number of nitrogens with one attached hydrogen (secondary N) is 1. The predicted octanol–water partition coefficient (Wildman–Crippen LogP) is 4.52. The van der Waals surface area contributed by atoms with Crippen LogP contribution in [0.5, 0.6) is 17.2 Å². The molecule has 0 radical (unpaired) electrons. The fraction of sp³-hybridized carbons (Fsp3) is 0.231. The molecule has 3 aromatic carbocycles. The van der Waals surface area contributed by atoms with Gasteiger partial charge in [0, 0.05) is 23.4 Å². The molecule has 1 heterocycles. The normalized spacial score (nSPS) is 11.2. The zero-order valence-electron chi connectivity index (χ0n) is 20.7. The molecule has 37 heavy (non-hydrogen) atoms. The molecule has 0 aliphatic rings. The summed E-state index contributed by atoms with van der Waals surface area (Å²) in [5, 5.41) is 4.18. The van der Waals surface area contributed by atoms with Crippen LogP contribution in [0.3, 0.4) is 0 Å². The summed E-state index contributed by atoms with van der Waals surface area (Å²) in [6.07, 6.45) is 2.43. The number of carbonyl (C=O) groups is 1. The van der Waals surface area contributed by atoms with Crippen LogP contribution in [0.2, 0.25) is 0 Å². The van der Waals surface area contributed by atoms with Gasteiger partial charge >= 0.3 is 16.3 Å². The van der Waals surface area contributed by atoms with Crippen LogP contribution in [-0.4, -0.2) is 40.9 Å². The molecule has 0 aliphatic carbocycles. The highest BCUT2D eigenvalue weighted by molar-refractivity contribution is 7.88. The smallest absolute Gasteiger partial charge is 0.410 e. The van der Waals surface area contributed by atoms with Crippen molar-refractivity contribution >= 4 is 32.9 Å². The Morgan fingerprint density at radius 1 is 0.973 bits per heavy atom. The molecule has 4 rings (SSSR count). The standard InChI is InChI=1S/C26H26N2O8S/c1-5-16-10-19(12-17-6-8-21(32-2)14-24(17)33-3)25(34-4)22(11-16)28-37(30,31)36-26(29)18-7-9-23-20(13-18)15-27-35-23/h6-11,13-15,28H,5,12H2,1-4H3. The number of anilines is 1. The van der Waals surface area contributed by atoms with Crippen LogP contribution >= 0.6 is 0 Å². The lowest BCUT2D eigenvalue weighted by molar-refractivity contribution is 0.0748. The number of rotatable bonds is 10. The van der Waals surface area contributed by atoms with E-state index in [0.717, 1.165) is 11.1 Å². The maximum Gasteiger partial charge on any atom is 0.410 e. The predicted molar refractivity (Wildman–Crippen MR) is 137 cm³/mol. The minimum atomic E-state index is -4.55. The van der Waals surface area contributed by atoms with Crippen LogP contribution < -0.4 is 18.9 Å². The van der Waals surface area contributed by atoms with Gasteiger partial charge in [0.2, 0.25) is 0 Å². The van der Waals surface area contributed by atoms with Crippen molar-refractivity contribution in [1.29, 1.82) is 0 Å². The summed E-state index contributed by atoms with van der Waals surface area (Å²) in [6, 6.07) is 13.4. The summed E-state index contributed by atoms with van der Waals surface area (Å²) in [7, 11) is 0.0195. The van der Waals surface area contributed by atoms with Gasteiger partial charge in [-0.25, -0.2) is 9.52 Å². The molecule has 0 spiro atoms. The molecule has 0 bridgehead atoms. The summed E-state index contributed by atoms with van der Waals surface area (Å²) in [5.41, 5.74) is 3.05. The molecule has 0 aliphatic heterocycles. The van der Waals surface area contributed by atoms with Gasteiger partial charge in [-0.15, -0.1) is 0 Å². The molecule has 0 atom stereocenters. The first-order chi connectivity index (χ1) is 17.8. The van der Waals surface area contributed by atoms with Crippen LogP contribution in [0.25, 0.3) is 11.0 Å². The van der Waals surface area contributed by atoms with Gasteiger partial charge in [-0.05, 0) is 47.9 Å². The number of nitrogens with zero attached hydrogens (tertiary/aromatic N) is 1. The quantitative estimate of drug-likeness (QED) is 0.317. The second-order valence-corrected chi connectivity index (χ2v) is 9.33. The summed E-state index contributed by atoms with van der Waals surface area (Å²) in [6.45, 7) is 1.94. The summed E-state index contributed by atoms with van der Waals surface area (Å²) in [5.74, 6) is 0.502. The van der Waals surface area contributed by atoms with E-state index in [1.54, 1.807) is 26.4 Å². The minimum Gasteiger partial charge on any atom is -0.497 e. The molecule has 194 valence electrons. The molecular formula is C26H26N2O8S. The van der Waals surface area contributed by atoms with E-state index in [-0.39, 0.29) is 11.3 Å². The van der Waals surface area contributed by atoms with E-state index in [0.29, 0.717) is 46.6 Å². The zero-order chi connectivity index (χ0) is 26.6. The number of carbonyl (C=O) groups excluding carboxylic acids is 1. The number of ether oxygens (including phenoxy) is 3. The van der Waals surface area contributed by atoms with Crippen LogP contribution in [0, 0.1) is 0 Å². The highest BCUT2D eigenvalue weighted by atomic mass is 32.2. The lowest BCUT2D eigenvalue weighted by Gasteiger charge is -2.18. The molecule has 1 N–H and O–H groups in total. The number of methoxy groups -OCH3 is 3. The van der Waals surface area contributed by atoms with E-state index < -0.39 is 16.3 Å². The monoisotopic (exact) mass is 526 g/mol. The molecule has 11 heteroatoms. The van der Waals surface area contributed by atoms with Gasteiger partial charge in [-0.2, -0.15) is 8.42 Å². The third-order valence-electron chi connectivity index (χ3n) is 5.72. The molecule has 4 aromatic rings. The van der Waals surface area contributed by atoms with Crippen molar-refractivity contribution in [3.05, 3.63) is 77.0 Å². The van der Waals surface area contributed by atoms with E-state index in [2.05, 4.69) is 9.88 Å². The lowest BCUT2D eigenvalue weighted by atomic mass is 9.99. The van der Waals surface area contributed by atoms with Gasteiger partial charge < -0.3 is 22.9 Å². The largest absolute Gasteiger partial charge is 0.497 e. The molecule has 0 unspecified atom stereocenters. The first kappa shape index (κ1) is 25.8. The Morgan fingerprint density at radius 2 is 1.78 bits per heavy atom. The maximum absolute atomic E-state index is 12.8. The Morgan fingerprint density at radius 3 is 2.49 bits per heavy atom. The Bertz CT molecular complexity index is 1550. The molecular weight excluding hydrogens is 500 g/mol. The minimum absolute atomic E-state index is 0.0302. The maximum atomic E-state index is 12.8. The van der Waals surface area contributed by atoms with Crippen molar-refractivity contribution in [1.82, 2.24) is 5.16 Å². The van der Waals surface area contributed by atoms with E-state index in [9.17, 15) is 13.2 Å². The number of hydrogen-bond acceptors (Lipinski definition) is 9. The van der Waals surface area contributed by atoms with Crippen molar-refractivity contribution < 1.29 is 36.1 Å². The third-order valence-corrected chi connectivity index (χ3v) is 6.56. The van der Waals surface area contributed by atoms with Gasteiger partial charge in [0.25, 0.3) is 0 Å². The first-order valence-electron chi connectivity index (χ1n) is 11.3. The van der Waals surface area contributed by atoms with Crippen LogP contribution in [0.4, 0.5) is 5.69 Å². The van der Waals surface area contributed by atoms with E-state index in [4.69, 9.17) is 22.9 Å². The molecule has 10 nitrogen and oxygen atoms in total. The van der Waals surface area contributed by atoms with Gasteiger partial charge in [0.15, 0.2) is 5.58 Å². The van der Waals surface area contributed by atoms with Gasteiger partial charge in [-0.1, -0.05) is 24.2 Å². The molecule has 0 fully saturated rings. The first-order valence-corrected chi connectivity index (χ1v) is 12.7. The summed E-state index contributed by atoms with van der Waals surface area (Å²) in [4.78, 5) is 12.6.